The van der Waals surface area contributed by atoms with Gasteiger partial charge in [0.2, 0.25) is 0 Å². The third-order valence-corrected chi connectivity index (χ3v) is 7.18. The number of hydrogen-bond acceptors (Lipinski definition) is 4. The van der Waals surface area contributed by atoms with Crippen molar-refractivity contribution in [1.82, 2.24) is 0 Å². The Morgan fingerprint density at radius 2 is 1.50 bits per heavy atom. The normalized spacial score (nSPS) is 19.3. The van der Waals surface area contributed by atoms with Gasteiger partial charge in [0, 0.05) is 17.7 Å². The molecule has 0 saturated carbocycles. The second-order valence-electron chi connectivity index (χ2n) is 10.8. The Morgan fingerprint density at radius 3 is 2.17 bits per heavy atom. The molecular formula is C32H36N2O2. The molecule has 0 amide bonds. The van der Waals surface area contributed by atoms with Crippen LogP contribution in [-0.4, -0.2) is 12.4 Å². The number of rotatable bonds is 6. The summed E-state index contributed by atoms with van der Waals surface area (Å²) in [5.74, 6) is 2.17. The summed E-state index contributed by atoms with van der Waals surface area (Å²) in [5.41, 5.74) is 7.50. The van der Waals surface area contributed by atoms with Crippen molar-refractivity contribution in [2.75, 3.05) is 17.2 Å². The zero-order valence-electron chi connectivity index (χ0n) is 21.7. The number of ketones is 1. The third-order valence-electron chi connectivity index (χ3n) is 7.18. The first kappa shape index (κ1) is 24.2. The van der Waals surface area contributed by atoms with Gasteiger partial charge in [-0.25, -0.2) is 0 Å². The molecule has 0 fully saturated rings. The Labute approximate surface area is 214 Å². The molecule has 3 aromatic carbocycles. The molecule has 0 spiro atoms. The Morgan fingerprint density at radius 1 is 0.833 bits per heavy atom. The van der Waals surface area contributed by atoms with Crippen LogP contribution in [0.15, 0.2) is 84.1 Å². The van der Waals surface area contributed by atoms with Crippen molar-refractivity contribution in [1.29, 1.82) is 0 Å². The lowest BCUT2D eigenvalue weighted by Crippen LogP contribution is -2.26. The van der Waals surface area contributed by atoms with Crippen LogP contribution in [0.1, 0.15) is 75.1 Å². The summed E-state index contributed by atoms with van der Waals surface area (Å²) in [4.78, 5) is 13.8. The molecule has 2 atom stereocenters. The van der Waals surface area contributed by atoms with E-state index in [9.17, 15) is 4.79 Å². The highest BCUT2D eigenvalue weighted by Gasteiger charge is 2.36. The summed E-state index contributed by atoms with van der Waals surface area (Å²) in [7, 11) is 0. The molecule has 4 heteroatoms. The van der Waals surface area contributed by atoms with E-state index in [0.29, 0.717) is 24.9 Å². The highest BCUT2D eigenvalue weighted by atomic mass is 16.5. The van der Waals surface area contributed by atoms with Crippen molar-refractivity contribution < 1.29 is 9.53 Å². The lowest BCUT2D eigenvalue weighted by molar-refractivity contribution is -0.116. The molecule has 0 bridgehead atoms. The molecule has 1 aliphatic heterocycles. The molecular weight excluding hydrogens is 444 g/mol. The largest absolute Gasteiger partial charge is 0.493 e. The summed E-state index contributed by atoms with van der Waals surface area (Å²) in [6, 6.07) is 25.0. The molecule has 3 aromatic rings. The van der Waals surface area contributed by atoms with Gasteiger partial charge in [-0.3, -0.25) is 4.79 Å². The van der Waals surface area contributed by atoms with Gasteiger partial charge in [0.05, 0.1) is 24.0 Å². The summed E-state index contributed by atoms with van der Waals surface area (Å²) in [6.45, 7) is 9.40. The molecule has 1 aliphatic carbocycles. The van der Waals surface area contributed by atoms with Crippen molar-refractivity contribution in [3.05, 3.63) is 101 Å². The molecule has 1 heterocycles. The lowest BCUT2D eigenvalue weighted by Gasteiger charge is -2.30. The number of carbonyl (C=O) groups is 1. The standard InChI is InChI=1S/C32H36N2O2/c1-20(2)19-36-26-15-13-23(14-16-26)25-17-29-31(30(35)18-25)32(24-11-9-22(10-12-24)21(3)4)34-28-8-6-5-7-27(28)33-29/h5-16,20-21,25,32-34H,17-19H2,1-4H3. The van der Waals surface area contributed by atoms with Crippen molar-refractivity contribution in [3.8, 4) is 5.75 Å². The monoisotopic (exact) mass is 480 g/mol. The van der Waals surface area contributed by atoms with Gasteiger partial charge in [-0.15, -0.1) is 0 Å². The summed E-state index contributed by atoms with van der Waals surface area (Å²) in [5, 5.41) is 7.32. The van der Waals surface area contributed by atoms with Crippen LogP contribution in [0.5, 0.6) is 5.75 Å². The number of para-hydroxylation sites is 2. The number of nitrogens with one attached hydrogen (secondary N) is 2. The predicted octanol–water partition coefficient (Wildman–Crippen LogP) is 7.82. The molecule has 0 saturated heterocycles. The number of carbonyl (C=O) groups excluding carboxylic acids is 1. The minimum absolute atomic E-state index is 0.136. The highest BCUT2D eigenvalue weighted by molar-refractivity contribution is 6.01. The Balaban J connectivity index is 1.47. The van der Waals surface area contributed by atoms with Gasteiger partial charge in [-0.1, -0.05) is 76.2 Å². The average molecular weight is 481 g/mol. The Bertz CT molecular complexity index is 1260. The molecule has 0 aromatic heterocycles. The Hall–Kier alpha value is -3.53. The van der Waals surface area contributed by atoms with E-state index in [-0.39, 0.29) is 17.7 Å². The van der Waals surface area contributed by atoms with Crippen LogP contribution < -0.4 is 15.4 Å². The average Bonchev–Trinajstić information content (AvgIpc) is 3.05. The van der Waals surface area contributed by atoms with Gasteiger partial charge in [-0.2, -0.15) is 0 Å². The topological polar surface area (TPSA) is 50.4 Å². The van der Waals surface area contributed by atoms with Gasteiger partial charge in [-0.05, 0) is 65.1 Å². The van der Waals surface area contributed by atoms with Crippen LogP contribution in [0.3, 0.4) is 0 Å². The maximum atomic E-state index is 13.8. The summed E-state index contributed by atoms with van der Waals surface area (Å²) in [6.07, 6.45) is 1.30. The van der Waals surface area contributed by atoms with Crippen molar-refractivity contribution in [2.45, 2.75) is 58.4 Å². The maximum absolute atomic E-state index is 13.8. The quantitative estimate of drug-likeness (QED) is 0.377. The van der Waals surface area contributed by atoms with Gasteiger partial charge < -0.3 is 15.4 Å². The van der Waals surface area contributed by atoms with E-state index in [1.807, 2.05) is 24.3 Å². The van der Waals surface area contributed by atoms with Gasteiger partial charge in [0.15, 0.2) is 5.78 Å². The number of allylic oxidation sites excluding steroid dienone is 1. The summed E-state index contributed by atoms with van der Waals surface area (Å²) < 4.78 is 5.86. The van der Waals surface area contributed by atoms with E-state index in [0.717, 1.165) is 40.4 Å². The summed E-state index contributed by atoms with van der Waals surface area (Å²) >= 11 is 0. The van der Waals surface area contributed by atoms with E-state index in [2.05, 4.69) is 86.9 Å². The fraction of sp³-hybridized carbons (Fsp3) is 0.344. The fourth-order valence-corrected chi connectivity index (χ4v) is 5.15. The number of hydrogen-bond donors (Lipinski definition) is 2. The van der Waals surface area contributed by atoms with E-state index in [1.54, 1.807) is 0 Å². The number of ether oxygens (including phenoxy) is 1. The first-order chi connectivity index (χ1) is 17.4. The van der Waals surface area contributed by atoms with Crippen molar-refractivity contribution in [3.63, 3.8) is 0 Å². The number of benzene rings is 3. The van der Waals surface area contributed by atoms with E-state index < -0.39 is 0 Å². The van der Waals surface area contributed by atoms with E-state index in [4.69, 9.17) is 4.74 Å². The molecule has 36 heavy (non-hydrogen) atoms. The molecule has 5 rings (SSSR count). The molecule has 2 aliphatic rings. The van der Waals surface area contributed by atoms with Crippen molar-refractivity contribution >= 4 is 17.2 Å². The number of fused-ring (bicyclic) bond motifs is 1. The molecule has 186 valence electrons. The van der Waals surface area contributed by atoms with Gasteiger partial charge in [0.1, 0.15) is 5.75 Å². The SMILES string of the molecule is CC(C)COc1ccc(C2CC(=O)C3=C(C2)Nc2ccccc2NC3c2ccc(C(C)C)cc2)cc1. The molecule has 4 nitrogen and oxygen atoms in total. The lowest BCUT2D eigenvalue weighted by atomic mass is 9.78. The second-order valence-corrected chi connectivity index (χ2v) is 10.8. The predicted molar refractivity (Wildman–Crippen MR) is 148 cm³/mol. The zero-order chi connectivity index (χ0) is 25.2. The van der Waals surface area contributed by atoms with Crippen LogP contribution >= 0.6 is 0 Å². The van der Waals surface area contributed by atoms with Crippen LogP contribution in [-0.2, 0) is 4.79 Å². The minimum Gasteiger partial charge on any atom is -0.493 e. The third kappa shape index (κ3) is 5.04. The van der Waals surface area contributed by atoms with Gasteiger partial charge >= 0.3 is 0 Å². The van der Waals surface area contributed by atoms with Crippen LogP contribution in [0, 0.1) is 5.92 Å². The van der Waals surface area contributed by atoms with Crippen LogP contribution in [0.2, 0.25) is 0 Å². The zero-order valence-corrected chi connectivity index (χ0v) is 21.7. The van der Waals surface area contributed by atoms with Gasteiger partial charge in [0.25, 0.3) is 0 Å². The number of anilines is 2. The first-order valence-electron chi connectivity index (χ1n) is 13.1. The second kappa shape index (κ2) is 10.2. The van der Waals surface area contributed by atoms with E-state index >= 15 is 0 Å². The number of Topliss-reactive ketones (excluding diaryl/α,β-unsaturated/α-hetero) is 1. The minimum atomic E-state index is -0.183. The van der Waals surface area contributed by atoms with Crippen LogP contribution in [0.4, 0.5) is 11.4 Å². The maximum Gasteiger partial charge on any atom is 0.163 e. The smallest absolute Gasteiger partial charge is 0.163 e. The molecule has 2 N–H and O–H groups in total. The van der Waals surface area contributed by atoms with E-state index in [1.165, 1.54) is 11.1 Å². The van der Waals surface area contributed by atoms with Crippen LogP contribution in [0.25, 0.3) is 0 Å². The molecule has 0 radical (unpaired) electrons. The Kier molecular flexibility index (Phi) is 6.86. The molecule has 2 unspecified atom stereocenters. The highest BCUT2D eigenvalue weighted by Crippen LogP contribution is 2.44. The fourth-order valence-electron chi connectivity index (χ4n) is 5.15. The first-order valence-corrected chi connectivity index (χ1v) is 13.1. The van der Waals surface area contributed by atoms with Crippen molar-refractivity contribution in [2.24, 2.45) is 5.92 Å².